The van der Waals surface area contributed by atoms with Crippen molar-refractivity contribution in [3.8, 4) is 0 Å². The van der Waals surface area contributed by atoms with Crippen LogP contribution in [0.3, 0.4) is 0 Å². The highest BCUT2D eigenvalue weighted by atomic mass is 16.3. The van der Waals surface area contributed by atoms with Crippen molar-refractivity contribution in [2.24, 2.45) is 23.7 Å². The van der Waals surface area contributed by atoms with Crippen LogP contribution in [0.1, 0.15) is 78.2 Å². The van der Waals surface area contributed by atoms with E-state index in [1.165, 1.54) is 42.5 Å². The van der Waals surface area contributed by atoms with Gasteiger partial charge in [-0.3, -0.25) is 4.79 Å². The highest BCUT2D eigenvalue weighted by molar-refractivity contribution is 5.85. The monoisotopic (exact) mass is 450 g/mol. The molecule has 4 aliphatic rings. The van der Waals surface area contributed by atoms with Crippen molar-refractivity contribution in [2.45, 2.75) is 96.2 Å². The lowest BCUT2D eigenvalue weighted by atomic mass is 9.70. The fourth-order valence-electron chi connectivity index (χ4n) is 7.50. The SMILES string of the molecule is CCC1C(=O)N(CC(C)C)C2=C(C(CCc3ccccc3)C3(NC4CCCC4)CC23)C1(C)O. The zero-order valence-corrected chi connectivity index (χ0v) is 20.9. The van der Waals surface area contributed by atoms with Gasteiger partial charge >= 0.3 is 0 Å². The molecule has 1 aliphatic heterocycles. The Bertz CT molecular complexity index is 915. The van der Waals surface area contributed by atoms with Crippen molar-refractivity contribution in [2.75, 3.05) is 6.54 Å². The van der Waals surface area contributed by atoms with Crippen LogP contribution >= 0.6 is 0 Å². The van der Waals surface area contributed by atoms with E-state index in [2.05, 4.69) is 61.3 Å². The van der Waals surface area contributed by atoms with E-state index in [0.717, 1.165) is 25.8 Å². The predicted molar refractivity (Wildman–Crippen MR) is 132 cm³/mol. The molecule has 0 aromatic heterocycles. The second-order valence-corrected chi connectivity index (χ2v) is 11.7. The molecule has 5 atom stereocenters. The molecule has 3 aliphatic carbocycles. The third-order valence-electron chi connectivity index (χ3n) is 9.01. The van der Waals surface area contributed by atoms with E-state index in [4.69, 9.17) is 0 Å². The highest BCUT2D eigenvalue weighted by Gasteiger charge is 2.71. The van der Waals surface area contributed by atoms with Gasteiger partial charge in [0.05, 0.1) is 11.5 Å². The fraction of sp³-hybridized carbons (Fsp3) is 0.690. The van der Waals surface area contributed by atoms with Gasteiger partial charge in [0, 0.05) is 35.7 Å². The Kier molecular flexibility index (Phi) is 5.98. The molecular formula is C29H42N2O2. The lowest BCUT2D eigenvalue weighted by Gasteiger charge is -2.46. The first-order valence-corrected chi connectivity index (χ1v) is 13.4. The van der Waals surface area contributed by atoms with Crippen molar-refractivity contribution in [1.29, 1.82) is 0 Å². The van der Waals surface area contributed by atoms with Crippen molar-refractivity contribution in [3.63, 3.8) is 0 Å². The van der Waals surface area contributed by atoms with Crippen molar-refractivity contribution in [3.05, 3.63) is 47.2 Å². The van der Waals surface area contributed by atoms with Gasteiger partial charge in [0.2, 0.25) is 5.91 Å². The minimum Gasteiger partial charge on any atom is -0.385 e. The molecular weight excluding hydrogens is 408 g/mol. The number of fused-ring (bicyclic) bond motifs is 2. The molecule has 180 valence electrons. The number of benzene rings is 1. The predicted octanol–water partition coefficient (Wildman–Crippen LogP) is 5.07. The number of nitrogens with zero attached hydrogens (tertiary/aromatic N) is 1. The first kappa shape index (κ1) is 23.1. The van der Waals surface area contributed by atoms with Crippen LogP contribution in [0.25, 0.3) is 0 Å². The molecule has 1 amide bonds. The maximum absolute atomic E-state index is 13.7. The van der Waals surface area contributed by atoms with E-state index in [1.54, 1.807) is 0 Å². The van der Waals surface area contributed by atoms with Crippen LogP contribution in [-0.4, -0.2) is 39.6 Å². The van der Waals surface area contributed by atoms with Crippen LogP contribution in [0.15, 0.2) is 41.6 Å². The molecule has 4 heteroatoms. The van der Waals surface area contributed by atoms with E-state index >= 15 is 0 Å². The minimum absolute atomic E-state index is 0.0244. The largest absolute Gasteiger partial charge is 0.385 e. The standard InChI is InChI=1S/C29H42N2O2/c1-5-22-27(32)31(18-19(2)3)26-24-17-29(24,30-21-13-9-10-14-21)23(25(26)28(22,4)33)16-15-20-11-7-6-8-12-20/h6-8,11-12,19,21-24,30,33H,5,9-10,13-18H2,1-4H3. The molecule has 2 fully saturated rings. The summed E-state index contributed by atoms with van der Waals surface area (Å²) in [6.45, 7) is 9.13. The lowest BCUT2D eigenvalue weighted by molar-refractivity contribution is -0.144. The number of nitrogens with one attached hydrogen (secondary N) is 1. The number of amides is 1. The van der Waals surface area contributed by atoms with Crippen molar-refractivity contribution in [1.82, 2.24) is 10.2 Å². The molecule has 1 heterocycles. The Morgan fingerprint density at radius 1 is 1.15 bits per heavy atom. The molecule has 1 aromatic carbocycles. The summed E-state index contributed by atoms with van der Waals surface area (Å²) in [5.41, 5.74) is 2.70. The minimum atomic E-state index is -1.06. The van der Waals surface area contributed by atoms with Gasteiger partial charge in [-0.1, -0.05) is 63.9 Å². The quantitative estimate of drug-likeness (QED) is 0.581. The summed E-state index contributed by atoms with van der Waals surface area (Å²) in [4.78, 5) is 15.8. The van der Waals surface area contributed by atoms with Gasteiger partial charge in [-0.15, -0.1) is 0 Å². The van der Waals surface area contributed by atoms with Gasteiger partial charge in [0.15, 0.2) is 0 Å². The average Bonchev–Trinajstić information content (AvgIpc) is 3.12. The van der Waals surface area contributed by atoms with Gasteiger partial charge in [0.1, 0.15) is 0 Å². The van der Waals surface area contributed by atoms with E-state index < -0.39 is 5.60 Å². The van der Waals surface area contributed by atoms with Gasteiger partial charge in [-0.2, -0.15) is 0 Å². The number of rotatable bonds is 8. The number of carbonyl (C=O) groups excluding carboxylic acids is 1. The third kappa shape index (κ3) is 3.78. The first-order chi connectivity index (χ1) is 15.8. The van der Waals surface area contributed by atoms with Gasteiger partial charge < -0.3 is 15.3 Å². The Hall–Kier alpha value is -1.65. The normalized spacial score (nSPS) is 36.0. The summed E-state index contributed by atoms with van der Waals surface area (Å²) in [5, 5.41) is 16.1. The molecule has 0 spiro atoms. The maximum atomic E-state index is 13.7. The van der Waals surface area contributed by atoms with E-state index in [1.807, 2.05) is 6.92 Å². The van der Waals surface area contributed by atoms with Crippen LogP contribution in [0.5, 0.6) is 0 Å². The van der Waals surface area contributed by atoms with Crippen LogP contribution in [0.2, 0.25) is 0 Å². The summed E-state index contributed by atoms with van der Waals surface area (Å²) in [5.74, 6) is 0.837. The molecule has 5 rings (SSSR count). The van der Waals surface area contributed by atoms with Gasteiger partial charge in [-0.25, -0.2) is 0 Å². The topological polar surface area (TPSA) is 52.6 Å². The van der Waals surface area contributed by atoms with Crippen molar-refractivity contribution < 1.29 is 9.90 Å². The number of aliphatic hydroxyl groups is 1. The van der Waals surface area contributed by atoms with Crippen LogP contribution in [-0.2, 0) is 11.2 Å². The molecule has 33 heavy (non-hydrogen) atoms. The number of carbonyl (C=O) groups is 1. The summed E-state index contributed by atoms with van der Waals surface area (Å²) in [6.07, 6.45) is 8.96. The summed E-state index contributed by atoms with van der Waals surface area (Å²) >= 11 is 0. The molecule has 2 N–H and O–H groups in total. The fourth-order valence-corrected chi connectivity index (χ4v) is 7.50. The second kappa shape index (κ2) is 8.53. The molecule has 2 saturated carbocycles. The van der Waals surface area contributed by atoms with E-state index in [0.29, 0.717) is 24.3 Å². The summed E-state index contributed by atoms with van der Waals surface area (Å²) < 4.78 is 0. The van der Waals surface area contributed by atoms with Gasteiger partial charge in [0.25, 0.3) is 0 Å². The van der Waals surface area contributed by atoms with Crippen LogP contribution in [0, 0.1) is 23.7 Å². The number of hydrogen-bond acceptors (Lipinski definition) is 3. The summed E-state index contributed by atoms with van der Waals surface area (Å²) in [6, 6.07) is 11.3. The van der Waals surface area contributed by atoms with Crippen LogP contribution < -0.4 is 5.32 Å². The van der Waals surface area contributed by atoms with Crippen molar-refractivity contribution >= 4 is 5.91 Å². The lowest BCUT2D eigenvalue weighted by Crippen LogP contribution is -2.55. The summed E-state index contributed by atoms with van der Waals surface area (Å²) in [7, 11) is 0. The molecule has 4 nitrogen and oxygen atoms in total. The Morgan fingerprint density at radius 3 is 2.48 bits per heavy atom. The number of aryl methyl sites for hydroxylation is 1. The molecule has 0 bridgehead atoms. The van der Waals surface area contributed by atoms with Crippen LogP contribution in [0.4, 0.5) is 0 Å². The average molecular weight is 451 g/mol. The molecule has 1 aromatic rings. The third-order valence-corrected chi connectivity index (χ3v) is 9.01. The van der Waals surface area contributed by atoms with E-state index in [9.17, 15) is 9.90 Å². The molecule has 5 unspecified atom stereocenters. The molecule has 0 radical (unpaired) electrons. The van der Waals surface area contributed by atoms with Gasteiger partial charge in [-0.05, 0) is 62.5 Å². The Morgan fingerprint density at radius 2 is 1.85 bits per heavy atom. The smallest absolute Gasteiger partial charge is 0.233 e. The zero-order chi connectivity index (χ0) is 23.4. The second-order valence-electron chi connectivity index (χ2n) is 11.7. The first-order valence-electron chi connectivity index (χ1n) is 13.4. The van der Waals surface area contributed by atoms with E-state index in [-0.39, 0.29) is 23.3 Å². The highest BCUT2D eigenvalue weighted by Crippen LogP contribution is 2.67. The molecule has 0 saturated heterocycles. The number of hydrogen-bond donors (Lipinski definition) is 2. The maximum Gasteiger partial charge on any atom is 0.233 e. The zero-order valence-electron chi connectivity index (χ0n) is 20.9. The Labute approximate surface area is 199 Å². The Balaban J connectivity index is 1.55.